The Bertz CT molecular complexity index is 1270. The molecular formula is C34H43ClFNO3. The quantitative estimate of drug-likeness (QED) is 0.338. The highest BCUT2D eigenvalue weighted by Gasteiger charge is 2.49. The van der Waals surface area contributed by atoms with Gasteiger partial charge >= 0.3 is 0 Å². The van der Waals surface area contributed by atoms with Gasteiger partial charge in [0.25, 0.3) is 0 Å². The zero-order valence-corrected chi connectivity index (χ0v) is 24.9. The van der Waals surface area contributed by atoms with Crippen molar-refractivity contribution >= 4 is 12.4 Å². The maximum absolute atomic E-state index is 13.2. The Morgan fingerprint density at radius 2 is 1.73 bits per heavy atom. The van der Waals surface area contributed by atoms with E-state index in [-0.39, 0.29) is 30.1 Å². The Morgan fingerprint density at radius 1 is 1.02 bits per heavy atom. The van der Waals surface area contributed by atoms with E-state index >= 15 is 0 Å². The average molecular weight is 568 g/mol. The largest absolute Gasteiger partial charge is 0.487 e. The molecule has 5 rings (SSSR count). The first kappa shape index (κ1) is 30.5. The van der Waals surface area contributed by atoms with E-state index in [9.17, 15) is 14.6 Å². The minimum atomic E-state index is -2.07. The normalized spacial score (nSPS) is 23.0. The van der Waals surface area contributed by atoms with Gasteiger partial charge in [-0.1, -0.05) is 56.3 Å². The van der Waals surface area contributed by atoms with Gasteiger partial charge in [0, 0.05) is 19.0 Å². The number of ether oxygens (including phenoxy) is 1. The van der Waals surface area contributed by atoms with Crippen molar-refractivity contribution in [2.45, 2.75) is 71.3 Å². The van der Waals surface area contributed by atoms with Gasteiger partial charge in [-0.15, -0.1) is 12.4 Å². The molecule has 6 heteroatoms. The number of rotatable bonds is 8. The SMILES string of the molecule is CC(CCCc1ccc(F)cc1)C(C)C1=CC(O)(O)C2=C3CN(Cc4ccccc4)CCC3C(C)(C)OC2=C1.Cl. The highest BCUT2D eigenvalue weighted by atomic mass is 35.5. The van der Waals surface area contributed by atoms with Crippen LogP contribution in [0.25, 0.3) is 0 Å². The molecule has 1 aliphatic carbocycles. The van der Waals surface area contributed by atoms with Gasteiger partial charge < -0.3 is 14.9 Å². The third-order valence-corrected chi connectivity index (χ3v) is 9.03. The van der Waals surface area contributed by atoms with Crippen molar-refractivity contribution in [2.24, 2.45) is 17.8 Å². The second kappa shape index (κ2) is 12.2. The van der Waals surface area contributed by atoms with Crippen LogP contribution in [0.5, 0.6) is 0 Å². The number of allylic oxidation sites excluding steroid dienone is 2. The molecule has 2 aromatic rings. The molecule has 3 atom stereocenters. The first-order valence-corrected chi connectivity index (χ1v) is 14.4. The topological polar surface area (TPSA) is 52.9 Å². The van der Waals surface area contributed by atoms with Crippen molar-refractivity contribution in [1.82, 2.24) is 4.90 Å². The Kier molecular flexibility index (Phi) is 9.31. The predicted octanol–water partition coefficient (Wildman–Crippen LogP) is 6.97. The number of aliphatic hydroxyl groups is 2. The van der Waals surface area contributed by atoms with E-state index in [2.05, 4.69) is 56.9 Å². The summed E-state index contributed by atoms with van der Waals surface area (Å²) in [4.78, 5) is 2.40. The maximum atomic E-state index is 13.2. The summed E-state index contributed by atoms with van der Waals surface area (Å²) in [6, 6.07) is 17.2. The van der Waals surface area contributed by atoms with Crippen LogP contribution in [0, 0.1) is 23.6 Å². The summed E-state index contributed by atoms with van der Waals surface area (Å²) in [5.74, 6) is -1.09. The molecule has 216 valence electrons. The monoisotopic (exact) mass is 567 g/mol. The Morgan fingerprint density at radius 3 is 2.42 bits per heavy atom. The summed E-state index contributed by atoms with van der Waals surface area (Å²) in [6.45, 7) is 11.1. The minimum absolute atomic E-state index is 0. The molecular weight excluding hydrogens is 525 g/mol. The van der Waals surface area contributed by atoms with Gasteiger partial charge in [-0.05, 0) is 104 Å². The fourth-order valence-electron chi connectivity index (χ4n) is 6.61. The molecule has 0 saturated carbocycles. The number of aryl methyl sites for hydroxylation is 1. The molecule has 2 aromatic carbocycles. The van der Waals surface area contributed by atoms with Crippen LogP contribution >= 0.6 is 12.4 Å². The van der Waals surface area contributed by atoms with Gasteiger partial charge in [-0.25, -0.2) is 4.39 Å². The Balaban J connectivity index is 0.00000370. The van der Waals surface area contributed by atoms with E-state index in [4.69, 9.17) is 4.74 Å². The van der Waals surface area contributed by atoms with Crippen molar-refractivity contribution in [3.63, 3.8) is 0 Å². The van der Waals surface area contributed by atoms with Gasteiger partial charge in [-0.2, -0.15) is 0 Å². The van der Waals surface area contributed by atoms with Crippen LogP contribution in [0.4, 0.5) is 4.39 Å². The summed E-state index contributed by atoms with van der Waals surface area (Å²) in [5.41, 5.74) is 4.49. The van der Waals surface area contributed by atoms with Gasteiger partial charge in [-0.3, -0.25) is 4.90 Å². The lowest BCUT2D eigenvalue weighted by Gasteiger charge is -2.50. The van der Waals surface area contributed by atoms with E-state index < -0.39 is 11.4 Å². The lowest BCUT2D eigenvalue weighted by atomic mass is 9.71. The van der Waals surface area contributed by atoms with E-state index in [0.29, 0.717) is 23.8 Å². The molecule has 2 N–H and O–H groups in total. The number of fused-ring (bicyclic) bond motifs is 2. The van der Waals surface area contributed by atoms with Crippen LogP contribution in [0.15, 0.2) is 89.2 Å². The molecule has 0 radical (unpaired) electrons. The predicted molar refractivity (Wildman–Crippen MR) is 160 cm³/mol. The van der Waals surface area contributed by atoms with Crippen LogP contribution in [0.1, 0.15) is 58.1 Å². The summed E-state index contributed by atoms with van der Waals surface area (Å²) < 4.78 is 19.7. The molecule has 4 nitrogen and oxygen atoms in total. The van der Waals surface area contributed by atoms with Crippen LogP contribution < -0.4 is 0 Å². The van der Waals surface area contributed by atoms with Gasteiger partial charge in [0.15, 0.2) is 0 Å². The average Bonchev–Trinajstić information content (AvgIpc) is 2.88. The Hall–Kier alpha value is -2.44. The fourth-order valence-corrected chi connectivity index (χ4v) is 6.61. The van der Waals surface area contributed by atoms with Gasteiger partial charge in [0.2, 0.25) is 5.79 Å². The van der Waals surface area contributed by atoms with Crippen molar-refractivity contribution in [1.29, 1.82) is 0 Å². The highest BCUT2D eigenvalue weighted by Crippen LogP contribution is 2.49. The number of nitrogens with zero attached hydrogens (tertiary/aromatic N) is 1. The lowest BCUT2D eigenvalue weighted by Crippen LogP contribution is -2.51. The lowest BCUT2D eigenvalue weighted by molar-refractivity contribution is -0.108. The van der Waals surface area contributed by atoms with E-state index in [1.165, 1.54) is 17.7 Å². The summed E-state index contributed by atoms with van der Waals surface area (Å²) in [6.07, 6.45) is 7.47. The molecule has 0 spiro atoms. The smallest absolute Gasteiger partial charge is 0.214 e. The molecule has 40 heavy (non-hydrogen) atoms. The minimum Gasteiger partial charge on any atom is -0.487 e. The van der Waals surface area contributed by atoms with Crippen molar-refractivity contribution < 1.29 is 19.3 Å². The maximum Gasteiger partial charge on any atom is 0.214 e. The first-order chi connectivity index (χ1) is 18.5. The number of hydrogen-bond donors (Lipinski definition) is 2. The second-order valence-corrected chi connectivity index (χ2v) is 12.3. The van der Waals surface area contributed by atoms with Crippen LogP contribution in [-0.2, 0) is 17.7 Å². The molecule has 1 fully saturated rings. The highest BCUT2D eigenvalue weighted by molar-refractivity contribution is 5.85. The van der Waals surface area contributed by atoms with Crippen molar-refractivity contribution in [3.8, 4) is 0 Å². The molecule has 2 aliphatic heterocycles. The number of hydrogen-bond acceptors (Lipinski definition) is 4. The van der Waals surface area contributed by atoms with Crippen LogP contribution in [0.3, 0.4) is 0 Å². The zero-order chi connectivity index (χ0) is 27.8. The standard InChI is InChI=1S/C34H42FNO3.ClH/c1-23(9-8-12-25-13-15-28(35)16-14-25)24(2)27-19-31-32(34(37,38)20-27)29-22-36(21-26-10-6-5-7-11-26)18-17-30(29)33(3,4)39-31;/h5-7,10-11,13-16,19-20,23-24,30,37-38H,8-9,12,17-18,21-22H2,1-4H3;1H. The summed E-state index contributed by atoms with van der Waals surface area (Å²) in [7, 11) is 0. The number of halogens is 2. The third-order valence-electron chi connectivity index (χ3n) is 9.03. The molecule has 2 heterocycles. The second-order valence-electron chi connectivity index (χ2n) is 12.3. The van der Waals surface area contributed by atoms with E-state index in [0.717, 1.165) is 55.5 Å². The summed E-state index contributed by atoms with van der Waals surface area (Å²) >= 11 is 0. The van der Waals surface area contributed by atoms with Crippen molar-refractivity contribution in [2.75, 3.05) is 13.1 Å². The first-order valence-electron chi connectivity index (χ1n) is 14.4. The number of benzene rings is 2. The van der Waals surface area contributed by atoms with E-state index in [1.807, 2.05) is 24.3 Å². The summed E-state index contributed by atoms with van der Waals surface area (Å²) in [5, 5.41) is 22.9. The van der Waals surface area contributed by atoms with Gasteiger partial charge in [0.05, 0.1) is 5.57 Å². The van der Waals surface area contributed by atoms with Crippen molar-refractivity contribution in [3.05, 3.63) is 106 Å². The zero-order valence-electron chi connectivity index (χ0n) is 24.1. The van der Waals surface area contributed by atoms with Gasteiger partial charge in [0.1, 0.15) is 17.2 Å². The van der Waals surface area contributed by atoms with E-state index in [1.54, 1.807) is 6.08 Å². The molecule has 3 aliphatic rings. The molecule has 1 saturated heterocycles. The fraction of sp³-hybridized carbons (Fsp3) is 0.471. The Labute approximate surface area is 244 Å². The molecule has 0 bridgehead atoms. The third kappa shape index (κ3) is 6.54. The molecule has 0 aromatic heterocycles. The molecule has 3 unspecified atom stereocenters. The number of piperidine rings is 1. The van der Waals surface area contributed by atoms with Crippen LogP contribution in [0.2, 0.25) is 0 Å². The van der Waals surface area contributed by atoms with Crippen LogP contribution in [-0.4, -0.2) is 39.6 Å². The number of likely N-dealkylation sites (tertiary alicyclic amines) is 1. The molecule has 0 amide bonds.